The van der Waals surface area contributed by atoms with Gasteiger partial charge in [0.1, 0.15) is 35.9 Å². The zero-order chi connectivity index (χ0) is 45.5. The molecule has 8 rings (SSSR count). The molecule has 1 saturated carbocycles. The Morgan fingerprint density at radius 1 is 0.710 bits per heavy atom. The Morgan fingerprint density at radius 2 is 1.23 bits per heavy atom. The van der Waals surface area contributed by atoms with Crippen LogP contribution in [0.2, 0.25) is 10.0 Å². The molecule has 0 amide bonds. The number of nitrogen functional groups attached to an aromatic ring is 2. The number of allylic oxidation sites excluding steroid dienone is 1. The van der Waals surface area contributed by atoms with Gasteiger partial charge in [-0.05, 0) is 69.4 Å². The number of nitrogens with two attached hydrogens (primary N) is 2. The second kappa shape index (κ2) is 23.5. The van der Waals surface area contributed by atoms with Crippen molar-refractivity contribution in [3.63, 3.8) is 0 Å². The number of hydrogen-bond acceptors (Lipinski definition) is 11. The number of piperidine rings is 1. The zero-order valence-electron chi connectivity index (χ0n) is 37.6. The summed E-state index contributed by atoms with van der Waals surface area (Å²) in [5, 5.41) is 27.6. The standard InChI is InChI=1S/C22H26ClN7.C19H21ClN6.3C2H6/c1-12(2)30-8-6-14(7-9-30)28-22-18(21(25)26-11-27-22)19(24)17-10-15-16(23)5-4-13(3)20(15)29-17;20-13-8-4-5-11-9-14(26-17(11)13)16(21)15-18(22)23-10-24-19(15)25-12-6-2-1-3-7-12;3*1-2/h4-5,10-11,14,24,29H,1,6-9H2,2-3H3,(H3,25,26,27,28);4-5,8-10,12,21,26H,1-3,6-7H2,(H3,22,23,24,25);3*1-2H3. The van der Waals surface area contributed by atoms with Crippen molar-refractivity contribution in [2.45, 2.75) is 112 Å². The van der Waals surface area contributed by atoms with E-state index in [-0.39, 0.29) is 23.3 Å². The number of nitrogens with zero attached hydrogens (tertiary/aromatic N) is 5. The minimum Gasteiger partial charge on any atom is -0.383 e. The van der Waals surface area contributed by atoms with Gasteiger partial charge in [-0.3, -0.25) is 10.8 Å². The van der Waals surface area contributed by atoms with Crippen molar-refractivity contribution in [3.05, 3.63) is 106 Å². The van der Waals surface area contributed by atoms with E-state index < -0.39 is 0 Å². The lowest BCUT2D eigenvalue weighted by molar-refractivity contribution is 0.273. The maximum absolute atomic E-state index is 8.84. The third-order valence-corrected chi connectivity index (χ3v) is 11.3. The maximum Gasteiger partial charge on any atom is 0.141 e. The molecule has 62 heavy (non-hydrogen) atoms. The van der Waals surface area contributed by atoms with E-state index in [9.17, 15) is 0 Å². The minimum absolute atomic E-state index is 0.238. The Bertz CT molecular complexity index is 2380. The van der Waals surface area contributed by atoms with Gasteiger partial charge in [-0.1, -0.05) is 109 Å². The third-order valence-electron chi connectivity index (χ3n) is 10.7. The second-order valence-electron chi connectivity index (χ2n) is 14.6. The Labute approximate surface area is 376 Å². The van der Waals surface area contributed by atoms with E-state index >= 15 is 0 Å². The zero-order valence-corrected chi connectivity index (χ0v) is 39.1. The number of para-hydroxylation sites is 1. The van der Waals surface area contributed by atoms with Gasteiger partial charge in [-0.15, -0.1) is 0 Å². The third kappa shape index (κ3) is 11.6. The van der Waals surface area contributed by atoms with E-state index in [1.807, 2.05) is 97.9 Å². The molecule has 0 bridgehead atoms. The van der Waals surface area contributed by atoms with Crippen LogP contribution in [0.1, 0.15) is 121 Å². The van der Waals surface area contributed by atoms with Crippen molar-refractivity contribution in [3.8, 4) is 0 Å². The number of hydrogen-bond donors (Lipinski definition) is 8. The second-order valence-corrected chi connectivity index (χ2v) is 15.4. The van der Waals surface area contributed by atoms with E-state index in [4.69, 9.17) is 45.5 Å². The molecule has 2 aromatic carbocycles. The predicted molar refractivity (Wildman–Crippen MR) is 264 cm³/mol. The molecular formula is C47H65Cl2N13. The number of aryl methyl sites for hydroxylation is 1. The number of benzene rings is 2. The van der Waals surface area contributed by atoms with Gasteiger partial charge in [-0.25, -0.2) is 19.9 Å². The first-order chi connectivity index (χ1) is 30.0. The topological polar surface area (TPSA) is 210 Å². The highest BCUT2D eigenvalue weighted by molar-refractivity contribution is 6.36. The molecule has 0 radical (unpaired) electrons. The van der Waals surface area contributed by atoms with Crippen molar-refractivity contribution >= 4 is 79.7 Å². The number of H-pyrrole nitrogens is 2. The number of anilines is 4. The number of rotatable bonds is 9. The van der Waals surface area contributed by atoms with Gasteiger partial charge < -0.3 is 37.0 Å². The van der Waals surface area contributed by atoms with E-state index in [0.717, 1.165) is 71.8 Å². The summed E-state index contributed by atoms with van der Waals surface area (Å²) in [6, 6.07) is 13.9. The van der Waals surface area contributed by atoms with E-state index in [1.165, 1.54) is 31.9 Å². The molecular weight excluding hydrogens is 818 g/mol. The molecule has 0 unspecified atom stereocenters. The van der Waals surface area contributed by atoms with Gasteiger partial charge in [-0.2, -0.15) is 0 Å². The van der Waals surface area contributed by atoms with Crippen LogP contribution < -0.4 is 22.1 Å². The molecule has 332 valence electrons. The fourth-order valence-corrected chi connectivity index (χ4v) is 7.97. The number of aromatic amines is 2. The number of fused-ring (bicyclic) bond motifs is 2. The van der Waals surface area contributed by atoms with Gasteiger partial charge in [0.05, 0.1) is 50.0 Å². The van der Waals surface area contributed by atoms with Crippen LogP contribution in [0.4, 0.5) is 23.3 Å². The predicted octanol–water partition coefficient (Wildman–Crippen LogP) is 11.8. The van der Waals surface area contributed by atoms with Crippen molar-refractivity contribution in [1.29, 1.82) is 10.8 Å². The minimum atomic E-state index is 0.238. The van der Waals surface area contributed by atoms with Gasteiger partial charge in [0.2, 0.25) is 0 Å². The van der Waals surface area contributed by atoms with Crippen LogP contribution in [0, 0.1) is 17.7 Å². The van der Waals surface area contributed by atoms with Gasteiger partial charge >= 0.3 is 0 Å². The molecule has 1 aliphatic heterocycles. The van der Waals surface area contributed by atoms with Crippen molar-refractivity contribution in [1.82, 2.24) is 34.8 Å². The lowest BCUT2D eigenvalue weighted by Crippen LogP contribution is -2.38. The average Bonchev–Trinajstić information content (AvgIpc) is 3.96. The van der Waals surface area contributed by atoms with Crippen LogP contribution >= 0.6 is 23.2 Å². The summed E-state index contributed by atoms with van der Waals surface area (Å²) in [6.45, 7) is 22.0. The molecule has 5 heterocycles. The van der Waals surface area contributed by atoms with E-state index in [2.05, 4.69) is 52.0 Å². The molecule has 2 aliphatic rings. The first-order valence-electron chi connectivity index (χ1n) is 21.9. The molecule has 6 aromatic rings. The summed E-state index contributed by atoms with van der Waals surface area (Å²) < 4.78 is 0. The number of nitrogens with one attached hydrogen (secondary N) is 6. The van der Waals surface area contributed by atoms with E-state index in [1.54, 1.807) is 0 Å². The summed E-state index contributed by atoms with van der Waals surface area (Å²) in [5.74, 6) is 1.79. The Balaban J connectivity index is 0.000000245. The van der Waals surface area contributed by atoms with Crippen molar-refractivity contribution < 1.29 is 0 Å². The number of aromatic nitrogens is 6. The van der Waals surface area contributed by atoms with Crippen molar-refractivity contribution in [2.75, 3.05) is 35.2 Å². The monoisotopic (exact) mass is 881 g/mol. The lowest BCUT2D eigenvalue weighted by Gasteiger charge is -2.34. The van der Waals surface area contributed by atoms with Crippen LogP contribution in [0.15, 0.2) is 67.4 Å². The summed E-state index contributed by atoms with van der Waals surface area (Å²) in [6.07, 6.45) is 10.7. The molecule has 10 N–H and O–H groups in total. The molecule has 13 nitrogen and oxygen atoms in total. The van der Waals surface area contributed by atoms with Gasteiger partial charge in [0.15, 0.2) is 0 Å². The average molecular weight is 883 g/mol. The molecule has 4 aromatic heterocycles. The maximum atomic E-state index is 8.84. The smallest absolute Gasteiger partial charge is 0.141 e. The van der Waals surface area contributed by atoms with Crippen LogP contribution in [0.5, 0.6) is 0 Å². The summed E-state index contributed by atoms with van der Waals surface area (Å²) >= 11 is 12.6. The summed E-state index contributed by atoms with van der Waals surface area (Å²) in [5.41, 5.74) is 19.0. The summed E-state index contributed by atoms with van der Waals surface area (Å²) in [7, 11) is 0. The van der Waals surface area contributed by atoms with Crippen LogP contribution in [-0.2, 0) is 0 Å². The Hall–Kier alpha value is -5.66. The highest BCUT2D eigenvalue weighted by Crippen LogP contribution is 2.32. The quantitative estimate of drug-likeness (QED) is 0.0648. The highest BCUT2D eigenvalue weighted by Gasteiger charge is 2.25. The Kier molecular flexibility index (Phi) is 18.6. The largest absolute Gasteiger partial charge is 0.383 e. The van der Waals surface area contributed by atoms with Crippen LogP contribution in [0.25, 0.3) is 21.8 Å². The number of halogens is 2. The van der Waals surface area contributed by atoms with Crippen LogP contribution in [-0.4, -0.2) is 71.4 Å². The molecule has 0 atom stereocenters. The van der Waals surface area contributed by atoms with Crippen molar-refractivity contribution in [2.24, 2.45) is 0 Å². The van der Waals surface area contributed by atoms with Gasteiger partial charge in [0.25, 0.3) is 0 Å². The van der Waals surface area contributed by atoms with E-state index in [0.29, 0.717) is 56.1 Å². The van der Waals surface area contributed by atoms with Crippen LogP contribution in [0.3, 0.4) is 0 Å². The molecule has 1 aliphatic carbocycles. The SMILES string of the molecule is C=C(C)N1CCC(Nc2ncnc(N)c2C(=N)c2cc3c(Cl)ccc(C)c3[nH]2)CC1.CC.CC.CC.N=C(c1cc2cccc(Cl)c2[nH]1)c1c(N)ncnc1NC1CCCCC1. The molecule has 2 fully saturated rings. The molecule has 0 spiro atoms. The molecule has 1 saturated heterocycles. The first-order valence-corrected chi connectivity index (χ1v) is 22.6. The first kappa shape index (κ1) is 49.0. The molecule has 15 heteroatoms. The van der Waals surface area contributed by atoms with Gasteiger partial charge in [0, 0.05) is 46.7 Å². The lowest BCUT2D eigenvalue weighted by atomic mass is 9.95. The summed E-state index contributed by atoms with van der Waals surface area (Å²) in [4.78, 5) is 25.8. The normalized spacial score (nSPS) is 13.9. The highest BCUT2D eigenvalue weighted by atomic mass is 35.5. The Morgan fingerprint density at radius 3 is 1.74 bits per heavy atom. The number of likely N-dealkylation sites (tertiary alicyclic amines) is 1. The fraction of sp³-hybridized carbons (Fsp3) is 0.404. The fourth-order valence-electron chi connectivity index (χ4n) is 7.53.